The number of anilines is 1. The van der Waals surface area contributed by atoms with Crippen LogP contribution in [0.3, 0.4) is 0 Å². The lowest BCUT2D eigenvalue weighted by molar-refractivity contribution is -0.0671. The summed E-state index contributed by atoms with van der Waals surface area (Å²) in [6, 6.07) is 0. The number of ether oxygens (including phenoxy) is 1. The molecule has 0 aromatic carbocycles. The van der Waals surface area contributed by atoms with Crippen LogP contribution in [-0.4, -0.2) is 59.7 Å². The second kappa shape index (κ2) is 4.49. The molecule has 3 heterocycles. The van der Waals surface area contributed by atoms with E-state index in [2.05, 4.69) is 19.9 Å². The standard InChI is InChI=1S/C11H15N5O5/c1-11(20)5(18)3(2-17)21-6(11)8-13-4-7(14-8)15-10(12)16-9(4)19/h3,5-6,17-18,20H,2H2,1H3,(H4,12,13,14,15,16,19)/t3-,5-,6+,11-/m1/s1. The Labute approximate surface area is 117 Å². The summed E-state index contributed by atoms with van der Waals surface area (Å²) in [7, 11) is 0. The highest BCUT2D eigenvalue weighted by Crippen LogP contribution is 2.40. The molecular formula is C11H15N5O5. The molecule has 3 rings (SSSR count). The van der Waals surface area contributed by atoms with Crippen molar-refractivity contribution >= 4 is 17.1 Å². The molecule has 10 heteroatoms. The molecule has 0 bridgehead atoms. The molecule has 0 saturated carbocycles. The first-order valence-corrected chi connectivity index (χ1v) is 6.26. The number of rotatable bonds is 2. The fourth-order valence-electron chi connectivity index (χ4n) is 2.47. The second-order valence-electron chi connectivity index (χ2n) is 5.18. The minimum atomic E-state index is -1.68. The van der Waals surface area contributed by atoms with Gasteiger partial charge in [0.25, 0.3) is 5.56 Å². The van der Waals surface area contributed by atoms with Crippen LogP contribution in [0.2, 0.25) is 0 Å². The van der Waals surface area contributed by atoms with Gasteiger partial charge in [-0.3, -0.25) is 9.78 Å². The minimum Gasteiger partial charge on any atom is -0.394 e. The molecule has 1 aliphatic heterocycles. The lowest BCUT2D eigenvalue weighted by Crippen LogP contribution is -2.43. The van der Waals surface area contributed by atoms with Crippen molar-refractivity contribution in [3.05, 3.63) is 16.2 Å². The highest BCUT2D eigenvalue weighted by atomic mass is 16.6. The van der Waals surface area contributed by atoms with Crippen molar-refractivity contribution in [3.8, 4) is 0 Å². The zero-order valence-corrected chi connectivity index (χ0v) is 11.1. The Morgan fingerprint density at radius 1 is 1.43 bits per heavy atom. The third kappa shape index (κ3) is 2.00. The van der Waals surface area contributed by atoms with Gasteiger partial charge in [0.2, 0.25) is 5.95 Å². The number of nitrogens with zero attached hydrogens (tertiary/aromatic N) is 2. The summed E-state index contributed by atoms with van der Waals surface area (Å²) in [5.41, 5.74) is 3.41. The van der Waals surface area contributed by atoms with Crippen molar-refractivity contribution in [2.75, 3.05) is 12.3 Å². The average Bonchev–Trinajstić information content (AvgIpc) is 2.91. The number of nitrogen functional groups attached to an aromatic ring is 1. The largest absolute Gasteiger partial charge is 0.394 e. The third-order valence-corrected chi connectivity index (χ3v) is 3.62. The first-order valence-electron chi connectivity index (χ1n) is 6.26. The topological polar surface area (TPSA) is 170 Å². The fraction of sp³-hybridized carbons (Fsp3) is 0.545. The molecule has 2 aromatic rings. The highest BCUT2D eigenvalue weighted by Gasteiger charge is 2.53. The minimum absolute atomic E-state index is 0.0765. The quantitative estimate of drug-likeness (QED) is 0.361. The molecule has 1 fully saturated rings. The maximum absolute atomic E-state index is 11.7. The molecule has 4 atom stereocenters. The van der Waals surface area contributed by atoms with E-state index in [1.165, 1.54) is 6.92 Å². The van der Waals surface area contributed by atoms with Crippen LogP contribution in [-0.2, 0) is 4.74 Å². The van der Waals surface area contributed by atoms with Crippen molar-refractivity contribution in [2.24, 2.45) is 0 Å². The highest BCUT2D eigenvalue weighted by molar-refractivity contribution is 5.70. The van der Waals surface area contributed by atoms with Gasteiger partial charge in [0.15, 0.2) is 11.2 Å². The molecule has 7 N–H and O–H groups in total. The van der Waals surface area contributed by atoms with Crippen LogP contribution in [0.1, 0.15) is 18.9 Å². The zero-order valence-electron chi connectivity index (χ0n) is 11.1. The van der Waals surface area contributed by atoms with Crippen LogP contribution in [0.25, 0.3) is 11.2 Å². The van der Waals surface area contributed by atoms with Gasteiger partial charge < -0.3 is 30.8 Å². The Morgan fingerprint density at radius 2 is 2.14 bits per heavy atom. The van der Waals surface area contributed by atoms with Gasteiger partial charge in [0, 0.05) is 0 Å². The van der Waals surface area contributed by atoms with Crippen LogP contribution in [0.15, 0.2) is 4.79 Å². The number of aliphatic hydroxyl groups is 3. The monoisotopic (exact) mass is 297 g/mol. The Balaban J connectivity index is 2.09. The molecule has 10 nitrogen and oxygen atoms in total. The number of fused-ring (bicyclic) bond motifs is 1. The van der Waals surface area contributed by atoms with Crippen LogP contribution in [0.5, 0.6) is 0 Å². The first kappa shape index (κ1) is 13.9. The van der Waals surface area contributed by atoms with Crippen LogP contribution < -0.4 is 11.3 Å². The molecule has 0 unspecified atom stereocenters. The van der Waals surface area contributed by atoms with E-state index < -0.39 is 36.1 Å². The Hall–Kier alpha value is -2.01. The Bertz CT molecular complexity index is 738. The van der Waals surface area contributed by atoms with Crippen LogP contribution >= 0.6 is 0 Å². The van der Waals surface area contributed by atoms with Gasteiger partial charge in [-0.15, -0.1) is 0 Å². The molecular weight excluding hydrogens is 282 g/mol. The molecule has 0 radical (unpaired) electrons. The van der Waals surface area contributed by atoms with Gasteiger partial charge in [-0.05, 0) is 6.92 Å². The van der Waals surface area contributed by atoms with Crippen molar-refractivity contribution in [1.82, 2.24) is 19.9 Å². The van der Waals surface area contributed by atoms with Crippen molar-refractivity contribution in [1.29, 1.82) is 0 Å². The number of aromatic amines is 2. The number of hydrogen-bond donors (Lipinski definition) is 6. The summed E-state index contributed by atoms with van der Waals surface area (Å²) < 4.78 is 5.41. The SMILES string of the molecule is C[C@@]1(O)[C@H](O)[C@@H](CO)O[C@H]1c1nc2nc(N)[nH]c(=O)c2[nH]1. The smallest absolute Gasteiger partial charge is 0.278 e. The van der Waals surface area contributed by atoms with E-state index in [4.69, 9.17) is 15.6 Å². The fourth-order valence-corrected chi connectivity index (χ4v) is 2.47. The van der Waals surface area contributed by atoms with E-state index in [1.54, 1.807) is 0 Å². The molecule has 114 valence electrons. The van der Waals surface area contributed by atoms with Crippen LogP contribution in [0, 0.1) is 0 Å². The van der Waals surface area contributed by atoms with Gasteiger partial charge in [-0.2, -0.15) is 4.98 Å². The number of aromatic nitrogens is 4. The molecule has 0 aliphatic carbocycles. The zero-order chi connectivity index (χ0) is 15.4. The van der Waals surface area contributed by atoms with E-state index >= 15 is 0 Å². The van der Waals surface area contributed by atoms with E-state index in [0.29, 0.717) is 0 Å². The lowest BCUT2D eigenvalue weighted by atomic mass is 9.92. The summed E-state index contributed by atoms with van der Waals surface area (Å²) in [5.74, 6) is 0.0338. The molecule has 0 spiro atoms. The number of imidazole rings is 1. The number of aliphatic hydroxyl groups excluding tert-OH is 2. The van der Waals surface area contributed by atoms with Crippen molar-refractivity contribution < 1.29 is 20.1 Å². The van der Waals surface area contributed by atoms with E-state index in [1.807, 2.05) is 0 Å². The Morgan fingerprint density at radius 3 is 2.76 bits per heavy atom. The predicted molar refractivity (Wildman–Crippen MR) is 70.3 cm³/mol. The van der Waals surface area contributed by atoms with Gasteiger partial charge in [-0.1, -0.05) is 0 Å². The van der Waals surface area contributed by atoms with Gasteiger partial charge in [0.05, 0.1) is 6.61 Å². The van der Waals surface area contributed by atoms with Gasteiger partial charge >= 0.3 is 0 Å². The maximum Gasteiger partial charge on any atom is 0.278 e. The summed E-state index contributed by atoms with van der Waals surface area (Å²) in [4.78, 5) is 24.7. The van der Waals surface area contributed by atoms with E-state index in [0.717, 1.165) is 0 Å². The molecule has 21 heavy (non-hydrogen) atoms. The van der Waals surface area contributed by atoms with Crippen molar-refractivity contribution in [2.45, 2.75) is 30.8 Å². The third-order valence-electron chi connectivity index (χ3n) is 3.62. The van der Waals surface area contributed by atoms with Gasteiger partial charge in [0.1, 0.15) is 29.7 Å². The lowest BCUT2D eigenvalue weighted by Gasteiger charge is -2.25. The average molecular weight is 297 g/mol. The summed E-state index contributed by atoms with van der Waals surface area (Å²) in [5, 5.41) is 29.4. The van der Waals surface area contributed by atoms with E-state index in [9.17, 15) is 15.0 Å². The molecule has 2 aromatic heterocycles. The summed E-state index contributed by atoms with van der Waals surface area (Å²) in [6.07, 6.45) is -3.29. The molecule has 1 aliphatic rings. The van der Waals surface area contributed by atoms with Gasteiger partial charge in [-0.25, -0.2) is 4.98 Å². The van der Waals surface area contributed by atoms with Crippen molar-refractivity contribution in [3.63, 3.8) is 0 Å². The predicted octanol–water partition coefficient (Wildman–Crippen LogP) is -2.23. The molecule has 0 amide bonds. The normalized spacial score (nSPS) is 32.9. The summed E-state index contributed by atoms with van der Waals surface area (Å²) in [6.45, 7) is 0.900. The maximum atomic E-state index is 11.7. The molecule has 1 saturated heterocycles. The second-order valence-corrected chi connectivity index (χ2v) is 5.18. The number of nitrogens with one attached hydrogen (secondary N) is 2. The van der Waals surface area contributed by atoms with Crippen LogP contribution in [0.4, 0.5) is 5.95 Å². The Kier molecular flexibility index (Phi) is 2.99. The van der Waals surface area contributed by atoms with E-state index in [-0.39, 0.29) is 22.9 Å². The summed E-state index contributed by atoms with van der Waals surface area (Å²) >= 11 is 0. The first-order chi connectivity index (χ1) is 9.84. The number of nitrogens with two attached hydrogens (primary N) is 1. The number of H-pyrrole nitrogens is 2. The number of hydrogen-bond acceptors (Lipinski definition) is 8.